The van der Waals surface area contributed by atoms with Crippen LogP contribution in [0.25, 0.3) is 0 Å². The average molecular weight is 413 g/mol. The van der Waals surface area contributed by atoms with Crippen LogP contribution in [0.5, 0.6) is 0 Å². The van der Waals surface area contributed by atoms with Crippen LogP contribution >= 0.6 is 0 Å². The van der Waals surface area contributed by atoms with Crippen LogP contribution in [-0.4, -0.2) is 64.4 Å². The van der Waals surface area contributed by atoms with E-state index in [9.17, 15) is 22.8 Å². The summed E-state index contributed by atoms with van der Waals surface area (Å²) in [6, 6.07) is 4.48. The summed E-state index contributed by atoms with van der Waals surface area (Å²) in [7, 11) is -4.90. The van der Waals surface area contributed by atoms with Crippen LogP contribution in [0, 0.1) is 0 Å². The Morgan fingerprint density at radius 3 is 2.50 bits per heavy atom. The van der Waals surface area contributed by atoms with E-state index in [1.807, 2.05) is 0 Å². The summed E-state index contributed by atoms with van der Waals surface area (Å²) in [6.45, 7) is -0.0163. The van der Waals surface area contributed by atoms with Crippen LogP contribution in [0.3, 0.4) is 0 Å². The molecule has 2 fully saturated rings. The lowest BCUT2D eigenvalue weighted by Gasteiger charge is -2.31. The molecule has 0 aromatic heterocycles. The molecule has 0 saturated carbocycles. The van der Waals surface area contributed by atoms with E-state index in [1.165, 1.54) is 0 Å². The van der Waals surface area contributed by atoms with Crippen molar-refractivity contribution >= 4 is 28.2 Å². The summed E-state index contributed by atoms with van der Waals surface area (Å²) in [5.74, 6) is 3.98. The van der Waals surface area contributed by atoms with Crippen molar-refractivity contribution in [2.24, 2.45) is 11.6 Å². The van der Waals surface area contributed by atoms with Crippen molar-refractivity contribution in [2.45, 2.75) is 31.0 Å². The molecule has 1 aromatic carbocycles. The normalized spacial score (nSPS) is 22.9. The van der Waals surface area contributed by atoms with Gasteiger partial charge < -0.3 is 10.6 Å². The zero-order valence-electron chi connectivity index (χ0n) is 14.5. The number of hydrogen-bond acceptors (Lipinski definition) is 8. The lowest BCUT2D eigenvalue weighted by atomic mass is 9.99. The molecule has 3 rings (SSSR count). The third-order valence-corrected chi connectivity index (χ3v) is 5.03. The first-order chi connectivity index (χ1) is 13.1. The van der Waals surface area contributed by atoms with Crippen LogP contribution in [0.4, 0.5) is 4.79 Å². The van der Waals surface area contributed by atoms with E-state index in [1.54, 1.807) is 30.3 Å². The van der Waals surface area contributed by atoms with Gasteiger partial charge in [-0.1, -0.05) is 30.3 Å². The Bertz CT molecular complexity index is 893. The van der Waals surface area contributed by atoms with Gasteiger partial charge in [0.05, 0.1) is 6.04 Å². The largest absolute Gasteiger partial charge is 0.418 e. The monoisotopic (exact) mass is 413 g/mol. The maximum atomic E-state index is 12.7. The molecule has 152 valence electrons. The molecule has 28 heavy (non-hydrogen) atoms. The number of nitrogens with two attached hydrogens (primary N) is 2. The molecule has 12 nitrogen and oxygen atoms in total. The molecule has 0 radical (unpaired) electrons. The SMILES string of the molecule is NC(C(=O)N(N)C(=O)C1CCC2CN1C(=O)N2OS(=O)(=O)O)c1ccccc1. The first kappa shape index (κ1) is 20.2. The van der Waals surface area contributed by atoms with Gasteiger partial charge in [0.25, 0.3) is 11.8 Å². The smallest absolute Gasteiger partial charge is 0.316 e. The van der Waals surface area contributed by atoms with Crippen LogP contribution in [0.1, 0.15) is 24.4 Å². The van der Waals surface area contributed by atoms with Crippen LogP contribution in [0.2, 0.25) is 0 Å². The van der Waals surface area contributed by atoms with E-state index >= 15 is 0 Å². The highest BCUT2D eigenvalue weighted by Gasteiger charge is 2.50. The Morgan fingerprint density at radius 2 is 1.89 bits per heavy atom. The van der Waals surface area contributed by atoms with Gasteiger partial charge in [-0.25, -0.2) is 15.6 Å². The van der Waals surface area contributed by atoms with E-state index in [2.05, 4.69) is 4.28 Å². The Morgan fingerprint density at radius 1 is 1.25 bits per heavy atom. The number of hydrazine groups is 1. The number of imide groups is 1. The fraction of sp³-hybridized carbons (Fsp3) is 0.400. The number of hydrogen-bond donors (Lipinski definition) is 3. The molecule has 0 aliphatic carbocycles. The first-order valence-corrected chi connectivity index (χ1v) is 9.66. The van der Waals surface area contributed by atoms with E-state index in [-0.39, 0.29) is 19.4 Å². The molecule has 2 saturated heterocycles. The summed E-state index contributed by atoms with van der Waals surface area (Å²) in [5.41, 5.74) is 6.34. The van der Waals surface area contributed by atoms with Gasteiger partial charge in [0.2, 0.25) is 0 Å². The molecule has 3 atom stereocenters. The zero-order valence-corrected chi connectivity index (χ0v) is 15.4. The van der Waals surface area contributed by atoms with Crippen LogP contribution in [0.15, 0.2) is 30.3 Å². The Labute approximate surface area is 160 Å². The summed E-state index contributed by atoms with van der Waals surface area (Å²) < 4.78 is 34.9. The Kier molecular flexibility index (Phi) is 5.36. The molecule has 2 bridgehead atoms. The van der Waals surface area contributed by atoms with Crippen molar-refractivity contribution in [3.8, 4) is 0 Å². The van der Waals surface area contributed by atoms with E-state index in [0.717, 1.165) is 4.90 Å². The molecular formula is C15H19N5O7S. The van der Waals surface area contributed by atoms with Gasteiger partial charge in [0, 0.05) is 6.54 Å². The number of urea groups is 1. The van der Waals surface area contributed by atoms with Gasteiger partial charge >= 0.3 is 16.4 Å². The predicted molar refractivity (Wildman–Crippen MR) is 92.8 cm³/mol. The summed E-state index contributed by atoms with van der Waals surface area (Å²) in [5, 5.41) is 0.878. The second-order valence-corrected chi connectivity index (χ2v) is 7.45. The molecule has 1 aromatic rings. The Hall–Kier alpha value is -2.58. The van der Waals surface area contributed by atoms with Crippen molar-refractivity contribution in [1.82, 2.24) is 15.0 Å². The molecular weight excluding hydrogens is 394 g/mol. The predicted octanol–water partition coefficient (Wildman–Crippen LogP) is -1.08. The minimum absolute atomic E-state index is 0.0163. The highest BCUT2D eigenvalue weighted by Crippen LogP contribution is 2.31. The molecule has 0 spiro atoms. The number of piperidine rings is 1. The van der Waals surface area contributed by atoms with Crippen molar-refractivity contribution in [1.29, 1.82) is 0 Å². The molecule has 3 unspecified atom stereocenters. The van der Waals surface area contributed by atoms with Crippen molar-refractivity contribution in [3.05, 3.63) is 35.9 Å². The van der Waals surface area contributed by atoms with Gasteiger partial charge in [0.15, 0.2) is 0 Å². The van der Waals surface area contributed by atoms with Gasteiger partial charge in [-0.2, -0.15) is 13.5 Å². The standard InChI is InChI=1S/C15H19N5O7S/c16-12(9-4-2-1-3-5-9)14(22)19(17)13(21)11-7-6-10-8-18(11)15(23)20(10)27-28(24,25)26/h1-5,10-12H,6-8,16-17H2,(H,24,25,26). The molecule has 13 heteroatoms. The van der Waals surface area contributed by atoms with Gasteiger partial charge in [-0.3, -0.25) is 14.1 Å². The maximum absolute atomic E-state index is 12.7. The average Bonchev–Trinajstić information content (AvgIpc) is 2.90. The van der Waals surface area contributed by atoms with E-state index < -0.39 is 46.4 Å². The van der Waals surface area contributed by atoms with Crippen LogP contribution < -0.4 is 11.6 Å². The van der Waals surface area contributed by atoms with Crippen molar-refractivity contribution < 1.29 is 31.6 Å². The number of benzene rings is 1. The second kappa shape index (κ2) is 7.44. The van der Waals surface area contributed by atoms with E-state index in [0.29, 0.717) is 15.6 Å². The minimum atomic E-state index is -4.90. The lowest BCUT2D eigenvalue weighted by molar-refractivity contribution is -0.149. The lowest BCUT2D eigenvalue weighted by Crippen LogP contribution is -2.56. The molecule has 5 N–H and O–H groups in total. The van der Waals surface area contributed by atoms with Gasteiger partial charge in [-0.05, 0) is 18.4 Å². The number of carbonyl (C=O) groups excluding carboxylic acids is 3. The first-order valence-electron chi connectivity index (χ1n) is 8.30. The number of rotatable bonds is 5. The molecule has 2 aliphatic heterocycles. The topological polar surface area (TPSA) is 177 Å². The maximum Gasteiger partial charge on any atom is 0.418 e. The third kappa shape index (κ3) is 3.83. The summed E-state index contributed by atoms with van der Waals surface area (Å²) >= 11 is 0. The fourth-order valence-corrected chi connectivity index (χ4v) is 3.70. The summed E-state index contributed by atoms with van der Waals surface area (Å²) in [6.07, 6.45) is 0.336. The second-order valence-electron chi connectivity index (χ2n) is 6.44. The van der Waals surface area contributed by atoms with Crippen LogP contribution in [-0.2, 0) is 24.3 Å². The Balaban J connectivity index is 1.73. The number of carbonyl (C=O) groups is 3. The number of nitrogens with zero attached hydrogens (tertiary/aromatic N) is 3. The molecule has 2 aliphatic rings. The zero-order chi connectivity index (χ0) is 20.6. The number of amides is 4. The molecule has 4 amide bonds. The van der Waals surface area contributed by atoms with Gasteiger partial charge in [0.1, 0.15) is 12.1 Å². The highest BCUT2D eigenvalue weighted by atomic mass is 32.3. The molecule has 2 heterocycles. The fourth-order valence-electron chi connectivity index (χ4n) is 3.31. The third-order valence-electron chi connectivity index (χ3n) is 4.68. The number of fused-ring (bicyclic) bond motifs is 2. The van der Waals surface area contributed by atoms with Crippen molar-refractivity contribution in [2.75, 3.05) is 6.54 Å². The van der Waals surface area contributed by atoms with Crippen molar-refractivity contribution in [3.63, 3.8) is 0 Å². The summed E-state index contributed by atoms with van der Waals surface area (Å²) in [4.78, 5) is 38.6. The minimum Gasteiger partial charge on any atom is -0.316 e. The van der Waals surface area contributed by atoms with Gasteiger partial charge in [-0.15, -0.1) is 4.28 Å². The highest BCUT2D eigenvalue weighted by molar-refractivity contribution is 7.80. The van der Waals surface area contributed by atoms with E-state index in [4.69, 9.17) is 16.1 Å². The quantitative estimate of drug-likeness (QED) is 0.234. The number of hydroxylamine groups is 2.